The minimum atomic E-state index is -0.724. The molecule has 1 amide bonds. The summed E-state index contributed by atoms with van der Waals surface area (Å²) in [5, 5.41) is 11.1. The molecule has 1 atom stereocenters. The molecule has 3 aromatic rings. The smallest absolute Gasteiger partial charge is 0.422 e. The maximum atomic E-state index is 12.8. The van der Waals surface area contributed by atoms with E-state index in [9.17, 15) is 9.59 Å². The van der Waals surface area contributed by atoms with Crippen LogP contribution >= 0.6 is 27.7 Å². The van der Waals surface area contributed by atoms with Gasteiger partial charge < -0.3 is 14.5 Å². The quantitative estimate of drug-likeness (QED) is 0.416. The number of rotatable bonds is 5. The first-order chi connectivity index (χ1) is 13.7. The summed E-state index contributed by atoms with van der Waals surface area (Å²) in [5.41, 5.74) is -0.0604. The lowest BCUT2D eigenvalue weighted by molar-refractivity contribution is -0.114. The van der Waals surface area contributed by atoms with Crippen molar-refractivity contribution < 1.29 is 18.7 Å². The maximum absolute atomic E-state index is 12.8. The number of thioether (sulfide) groups is 1. The molecule has 0 saturated heterocycles. The van der Waals surface area contributed by atoms with Crippen molar-refractivity contribution in [2.75, 3.05) is 5.32 Å². The zero-order valence-electron chi connectivity index (χ0n) is 16.0. The Kier molecular flexibility index (Phi) is 6.43. The summed E-state index contributed by atoms with van der Waals surface area (Å²) in [4.78, 5) is 25.3. The molecule has 2 aromatic heterocycles. The van der Waals surface area contributed by atoms with Gasteiger partial charge in [0.2, 0.25) is 16.9 Å². The Hall–Kier alpha value is -2.59. The summed E-state index contributed by atoms with van der Waals surface area (Å²) in [6.07, 6.45) is 0.802. The van der Waals surface area contributed by atoms with Gasteiger partial charge in [-0.3, -0.25) is 4.79 Å². The van der Waals surface area contributed by atoms with Crippen LogP contribution in [0, 0.1) is 0 Å². The summed E-state index contributed by atoms with van der Waals surface area (Å²) in [6, 6.07) is 12.4. The number of carbonyl (C=O) groups excluding carboxylic acids is 2. The third-order valence-electron chi connectivity index (χ3n) is 3.41. The molecule has 10 heteroatoms. The third-order valence-corrected chi connectivity index (χ3v) is 5.28. The summed E-state index contributed by atoms with van der Waals surface area (Å²) < 4.78 is 11.3. The fraction of sp³-hybridized carbons (Fsp3) is 0.263. The fourth-order valence-corrected chi connectivity index (χ4v) is 3.57. The van der Waals surface area contributed by atoms with E-state index < -0.39 is 15.9 Å². The monoisotopic (exact) mass is 478 g/mol. The molecule has 29 heavy (non-hydrogen) atoms. The molecule has 0 saturated carbocycles. The zero-order chi connectivity index (χ0) is 21.0. The highest BCUT2D eigenvalue weighted by atomic mass is 79.9. The van der Waals surface area contributed by atoms with Gasteiger partial charge in [0, 0.05) is 5.69 Å². The highest BCUT2D eigenvalue weighted by Gasteiger charge is 2.29. The van der Waals surface area contributed by atoms with E-state index in [0.717, 1.165) is 11.8 Å². The van der Waals surface area contributed by atoms with Crippen molar-refractivity contribution in [3.63, 3.8) is 0 Å². The molecule has 1 N–H and O–H groups in total. The van der Waals surface area contributed by atoms with Crippen LogP contribution < -0.4 is 5.32 Å². The number of para-hydroxylation sites is 1. The van der Waals surface area contributed by atoms with Crippen LogP contribution in [-0.2, 0) is 9.53 Å². The number of carbonyl (C=O) groups is 2. The van der Waals surface area contributed by atoms with Gasteiger partial charge in [-0.1, -0.05) is 45.9 Å². The van der Waals surface area contributed by atoms with Gasteiger partial charge in [-0.25, -0.2) is 9.36 Å². The molecule has 0 aliphatic heterocycles. The van der Waals surface area contributed by atoms with E-state index in [2.05, 4.69) is 31.4 Å². The number of aromatic nitrogens is 3. The van der Waals surface area contributed by atoms with Gasteiger partial charge in [-0.2, -0.15) is 0 Å². The van der Waals surface area contributed by atoms with Crippen LogP contribution in [0.3, 0.4) is 0 Å². The number of furan rings is 1. The molecular formula is C19H19BrN4O4S. The van der Waals surface area contributed by atoms with Gasteiger partial charge in [0.15, 0.2) is 5.76 Å². The topological polar surface area (TPSA) is 99.2 Å². The number of hydrogen-bond acceptors (Lipinski definition) is 7. The molecule has 0 spiro atoms. The molecule has 0 fully saturated rings. The van der Waals surface area contributed by atoms with E-state index in [1.54, 1.807) is 45.0 Å². The molecule has 152 valence electrons. The number of benzene rings is 1. The molecule has 0 radical (unpaired) electrons. The number of amides is 1. The largest absolute Gasteiger partial charge is 0.461 e. The lowest BCUT2D eigenvalue weighted by Gasteiger charge is -2.20. The number of nitrogens with zero attached hydrogens (tertiary/aromatic N) is 3. The second-order valence-corrected chi connectivity index (χ2v) is 9.48. The van der Waals surface area contributed by atoms with Crippen LogP contribution in [0.5, 0.6) is 0 Å². The van der Waals surface area contributed by atoms with Crippen molar-refractivity contribution >= 4 is 45.4 Å². The van der Waals surface area contributed by atoms with E-state index in [-0.39, 0.29) is 16.9 Å². The summed E-state index contributed by atoms with van der Waals surface area (Å²) in [6.45, 7) is 5.28. The van der Waals surface area contributed by atoms with Crippen LogP contribution in [0.4, 0.5) is 10.5 Å². The Morgan fingerprint density at radius 1 is 1.17 bits per heavy atom. The predicted molar refractivity (Wildman–Crippen MR) is 113 cm³/mol. The molecule has 0 aliphatic rings. The molecule has 1 unspecified atom stereocenters. The van der Waals surface area contributed by atoms with Gasteiger partial charge in [0.05, 0.1) is 6.26 Å². The Bertz CT molecular complexity index is 984. The molecule has 2 heterocycles. The average molecular weight is 479 g/mol. The van der Waals surface area contributed by atoms with Gasteiger partial charge in [0.1, 0.15) is 9.76 Å². The van der Waals surface area contributed by atoms with E-state index in [0.29, 0.717) is 11.4 Å². The minimum absolute atomic E-state index is 0.190. The summed E-state index contributed by atoms with van der Waals surface area (Å²) >= 11 is 4.36. The molecule has 1 aromatic carbocycles. The molecule has 8 nitrogen and oxygen atoms in total. The van der Waals surface area contributed by atoms with Crippen LogP contribution in [0.1, 0.15) is 20.8 Å². The Balaban J connectivity index is 1.84. The molecular weight excluding hydrogens is 460 g/mol. The van der Waals surface area contributed by atoms with E-state index >= 15 is 0 Å². The first-order valence-electron chi connectivity index (χ1n) is 8.64. The standard InChI is InChI=1S/C19H19BrN4O4S/c1-19(2,3)28-18(26)24-15(13-10-7-11-27-13)22-23-17(24)29-14(20)16(25)21-12-8-5-4-6-9-12/h4-11,14H,1-3H3,(H,21,25). The Morgan fingerprint density at radius 2 is 1.90 bits per heavy atom. The number of anilines is 1. The zero-order valence-corrected chi connectivity index (χ0v) is 18.4. The minimum Gasteiger partial charge on any atom is -0.461 e. The van der Waals surface area contributed by atoms with Crippen molar-refractivity contribution in [2.24, 2.45) is 0 Å². The van der Waals surface area contributed by atoms with Crippen LogP contribution in [0.15, 0.2) is 58.3 Å². The summed E-state index contributed by atoms with van der Waals surface area (Å²) in [7, 11) is 0. The fourth-order valence-electron chi connectivity index (χ4n) is 2.25. The lowest BCUT2D eigenvalue weighted by atomic mass is 10.2. The Morgan fingerprint density at radius 3 is 2.52 bits per heavy atom. The van der Waals surface area contributed by atoms with Crippen molar-refractivity contribution in [2.45, 2.75) is 35.7 Å². The number of ether oxygens (including phenoxy) is 1. The third kappa shape index (κ3) is 5.48. The van der Waals surface area contributed by atoms with Crippen LogP contribution in [0.2, 0.25) is 0 Å². The van der Waals surface area contributed by atoms with E-state index in [1.807, 2.05) is 18.2 Å². The van der Waals surface area contributed by atoms with Crippen LogP contribution in [-0.4, -0.2) is 36.5 Å². The maximum Gasteiger partial charge on any atom is 0.422 e. The van der Waals surface area contributed by atoms with Gasteiger partial charge in [-0.15, -0.1) is 10.2 Å². The second-order valence-electron chi connectivity index (χ2n) is 6.89. The molecule has 0 bridgehead atoms. The van der Waals surface area contributed by atoms with Crippen LogP contribution in [0.25, 0.3) is 11.6 Å². The van der Waals surface area contributed by atoms with Crippen molar-refractivity contribution in [3.05, 3.63) is 48.7 Å². The first kappa shape index (κ1) is 21.1. The number of halogens is 1. The van der Waals surface area contributed by atoms with Gasteiger partial charge in [0.25, 0.3) is 0 Å². The highest BCUT2D eigenvalue weighted by Crippen LogP contribution is 2.31. The first-order valence-corrected chi connectivity index (χ1v) is 10.4. The predicted octanol–water partition coefficient (Wildman–Crippen LogP) is 4.77. The van der Waals surface area contributed by atoms with Gasteiger partial charge >= 0.3 is 6.09 Å². The van der Waals surface area contributed by atoms with Gasteiger partial charge in [-0.05, 0) is 45.0 Å². The number of alkyl halides is 1. The highest BCUT2D eigenvalue weighted by molar-refractivity contribution is 9.11. The van der Waals surface area contributed by atoms with Crippen molar-refractivity contribution in [1.29, 1.82) is 0 Å². The summed E-state index contributed by atoms with van der Waals surface area (Å²) in [5.74, 6) is 0.240. The lowest BCUT2D eigenvalue weighted by Crippen LogP contribution is -2.28. The molecule has 0 aliphatic carbocycles. The second kappa shape index (κ2) is 8.83. The molecule has 3 rings (SSSR count). The number of nitrogens with one attached hydrogen (secondary N) is 1. The normalized spacial score (nSPS) is 12.4. The van der Waals surface area contributed by atoms with E-state index in [1.165, 1.54) is 10.8 Å². The Labute approximate surface area is 180 Å². The van der Waals surface area contributed by atoms with Crippen molar-refractivity contribution in [1.82, 2.24) is 14.8 Å². The number of hydrogen-bond donors (Lipinski definition) is 1. The van der Waals surface area contributed by atoms with Crippen molar-refractivity contribution in [3.8, 4) is 11.6 Å². The SMILES string of the molecule is CC(C)(C)OC(=O)n1c(SC(Br)C(=O)Nc2ccccc2)nnc1-c1ccco1. The average Bonchev–Trinajstić information content (AvgIpc) is 3.30. The van der Waals surface area contributed by atoms with E-state index in [4.69, 9.17) is 9.15 Å².